The predicted octanol–water partition coefficient (Wildman–Crippen LogP) is 5.41. The Balaban J connectivity index is 1.28. The van der Waals surface area contributed by atoms with Crippen LogP contribution in [0.4, 0.5) is 5.69 Å². The Kier molecular flexibility index (Phi) is 7.93. The highest BCUT2D eigenvalue weighted by Crippen LogP contribution is 2.20. The zero-order chi connectivity index (χ0) is 22.9. The van der Waals surface area contributed by atoms with Gasteiger partial charge < -0.3 is 20.1 Å². The number of benzene rings is 2. The first kappa shape index (κ1) is 22.8. The maximum atomic E-state index is 9.70. The number of allylic oxidation sites excluding steroid dienone is 2. The summed E-state index contributed by atoms with van der Waals surface area (Å²) in [5, 5.41) is 12.9. The second-order valence-corrected chi connectivity index (χ2v) is 8.45. The average Bonchev–Trinajstić information content (AvgIpc) is 3.24. The number of nitrogens with zero attached hydrogens (tertiary/aromatic N) is 3. The lowest BCUT2D eigenvalue weighted by Gasteiger charge is -2.14. The number of hydrogen-bond acceptors (Lipinski definition) is 6. The third-order valence-electron chi connectivity index (χ3n) is 5.83. The Morgan fingerprint density at radius 3 is 2.73 bits per heavy atom. The number of anilines is 1. The Labute approximate surface area is 196 Å². The molecule has 6 heteroatoms. The topological polar surface area (TPSA) is 69.5 Å². The fourth-order valence-electron chi connectivity index (χ4n) is 3.90. The van der Waals surface area contributed by atoms with Gasteiger partial charge in [0, 0.05) is 31.1 Å². The number of guanidine groups is 1. The van der Waals surface area contributed by atoms with E-state index in [1.165, 1.54) is 25.9 Å². The van der Waals surface area contributed by atoms with Crippen LogP contribution in [0.3, 0.4) is 0 Å². The zero-order valence-corrected chi connectivity index (χ0v) is 19.2. The molecule has 1 fully saturated rings. The Morgan fingerprint density at radius 2 is 1.91 bits per heavy atom. The Hall–Kier alpha value is -3.38. The maximum Gasteiger partial charge on any atom is 0.226 e. The van der Waals surface area contributed by atoms with Crippen LogP contribution in [0.25, 0.3) is 6.08 Å². The van der Waals surface area contributed by atoms with Crippen LogP contribution in [-0.2, 0) is 0 Å². The molecular formula is C27H32N4O2. The van der Waals surface area contributed by atoms with E-state index in [2.05, 4.69) is 20.2 Å². The van der Waals surface area contributed by atoms with E-state index in [1.807, 2.05) is 61.8 Å². The highest BCUT2D eigenvalue weighted by Gasteiger charge is 2.10. The summed E-state index contributed by atoms with van der Waals surface area (Å²) in [5.74, 6) is 1.69. The molecule has 2 aromatic carbocycles. The van der Waals surface area contributed by atoms with Gasteiger partial charge in [-0.1, -0.05) is 18.2 Å². The third-order valence-corrected chi connectivity index (χ3v) is 5.83. The van der Waals surface area contributed by atoms with Crippen LogP contribution in [0.1, 0.15) is 36.8 Å². The van der Waals surface area contributed by atoms with Crippen molar-refractivity contribution in [3.8, 4) is 11.5 Å². The van der Waals surface area contributed by atoms with Crippen LogP contribution in [0.5, 0.6) is 11.5 Å². The third kappa shape index (κ3) is 7.05. The monoisotopic (exact) mass is 444 g/mol. The second kappa shape index (κ2) is 11.5. The summed E-state index contributed by atoms with van der Waals surface area (Å²) in [4.78, 5) is 11.4. The van der Waals surface area contributed by atoms with Gasteiger partial charge in [0.05, 0.1) is 6.61 Å². The van der Waals surface area contributed by atoms with Crippen molar-refractivity contribution >= 4 is 23.9 Å². The molecule has 2 aromatic rings. The highest BCUT2D eigenvalue weighted by atomic mass is 16.5. The van der Waals surface area contributed by atoms with Gasteiger partial charge in [0.15, 0.2) is 0 Å². The van der Waals surface area contributed by atoms with E-state index in [-0.39, 0.29) is 5.75 Å². The molecule has 0 radical (unpaired) electrons. The van der Waals surface area contributed by atoms with Crippen LogP contribution >= 0.6 is 0 Å². The van der Waals surface area contributed by atoms with Crippen molar-refractivity contribution in [1.29, 1.82) is 0 Å². The van der Waals surface area contributed by atoms with E-state index in [0.29, 0.717) is 12.4 Å². The molecule has 0 atom stereocenters. The minimum atomic E-state index is 0.264. The van der Waals surface area contributed by atoms with E-state index in [4.69, 9.17) is 4.74 Å². The van der Waals surface area contributed by atoms with Crippen LogP contribution in [-0.4, -0.2) is 48.4 Å². The van der Waals surface area contributed by atoms with Gasteiger partial charge in [-0.05, 0) is 92.4 Å². The van der Waals surface area contributed by atoms with E-state index in [0.717, 1.165) is 47.7 Å². The van der Waals surface area contributed by atoms with Gasteiger partial charge in [-0.3, -0.25) is 0 Å². The van der Waals surface area contributed by atoms with Crippen molar-refractivity contribution in [3.05, 3.63) is 71.4 Å². The molecule has 2 aliphatic rings. The number of phenols is 1. The quantitative estimate of drug-likeness (QED) is 0.535. The van der Waals surface area contributed by atoms with E-state index in [9.17, 15) is 5.11 Å². The Morgan fingerprint density at radius 1 is 1.09 bits per heavy atom. The molecule has 0 amide bonds. The van der Waals surface area contributed by atoms with Crippen molar-refractivity contribution in [2.45, 2.75) is 32.6 Å². The fourth-order valence-corrected chi connectivity index (χ4v) is 3.90. The first-order valence-corrected chi connectivity index (χ1v) is 11.6. The molecule has 2 N–H and O–H groups in total. The molecule has 2 heterocycles. The summed E-state index contributed by atoms with van der Waals surface area (Å²) >= 11 is 0. The molecule has 0 unspecified atom stereocenters. The molecule has 0 aromatic heterocycles. The molecule has 0 aliphatic carbocycles. The van der Waals surface area contributed by atoms with Gasteiger partial charge in [0.1, 0.15) is 11.5 Å². The number of hydrogen-bond donors (Lipinski definition) is 2. The summed E-state index contributed by atoms with van der Waals surface area (Å²) < 4.78 is 5.88. The lowest BCUT2D eigenvalue weighted by atomic mass is 10.1. The highest BCUT2D eigenvalue weighted by molar-refractivity contribution is 5.99. The summed E-state index contributed by atoms with van der Waals surface area (Å²) in [6.45, 7) is 6.35. The number of phenolic OH excluding ortho intramolecular Hbond substituents is 1. The van der Waals surface area contributed by atoms with Crippen molar-refractivity contribution < 1.29 is 9.84 Å². The molecule has 0 bridgehead atoms. The van der Waals surface area contributed by atoms with E-state index in [1.54, 1.807) is 12.1 Å². The SMILES string of the molecule is Cc1ccc(O)cc1/C=C/C1=CN=C(Nc2ccc(OCCCN3CCCC3)cc2)N=CC1. The van der Waals surface area contributed by atoms with Gasteiger partial charge in [-0.15, -0.1) is 0 Å². The molecule has 6 nitrogen and oxygen atoms in total. The van der Waals surface area contributed by atoms with E-state index >= 15 is 0 Å². The van der Waals surface area contributed by atoms with Crippen LogP contribution < -0.4 is 10.1 Å². The normalized spacial score (nSPS) is 16.5. The van der Waals surface area contributed by atoms with Gasteiger partial charge in [0.25, 0.3) is 0 Å². The largest absolute Gasteiger partial charge is 0.508 e. The standard InChI is InChI=1S/C27H32N4O2/c1-21-5-10-25(32)19-23(21)7-6-22-13-14-28-27(29-20-22)30-24-8-11-26(12-9-24)33-18-4-17-31-15-2-3-16-31/h5-12,14,19-20,32H,2-4,13,15-18H2,1H3,(H,29,30)/b7-6+. The fraction of sp³-hybridized carbons (Fsp3) is 0.333. The number of rotatable bonds is 8. The smallest absolute Gasteiger partial charge is 0.226 e. The number of aliphatic imine (C=N–C) groups is 2. The summed E-state index contributed by atoms with van der Waals surface area (Å²) in [6, 6.07) is 13.3. The summed E-state index contributed by atoms with van der Waals surface area (Å²) in [7, 11) is 0. The minimum Gasteiger partial charge on any atom is -0.508 e. The van der Waals surface area contributed by atoms with Crippen molar-refractivity contribution in [2.75, 3.05) is 31.6 Å². The lowest BCUT2D eigenvalue weighted by molar-refractivity contribution is 0.263. The van der Waals surface area contributed by atoms with E-state index < -0.39 is 0 Å². The number of aryl methyl sites for hydroxylation is 1. The van der Waals surface area contributed by atoms with Gasteiger partial charge >= 0.3 is 0 Å². The number of likely N-dealkylation sites (tertiary alicyclic amines) is 1. The van der Waals surface area contributed by atoms with Crippen molar-refractivity contribution in [1.82, 2.24) is 4.90 Å². The molecule has 33 heavy (non-hydrogen) atoms. The summed E-state index contributed by atoms with van der Waals surface area (Å²) in [6.07, 6.45) is 12.1. The van der Waals surface area contributed by atoms with Crippen LogP contribution in [0, 0.1) is 6.92 Å². The van der Waals surface area contributed by atoms with Crippen LogP contribution in [0.2, 0.25) is 0 Å². The minimum absolute atomic E-state index is 0.264. The Bertz CT molecular complexity index is 1050. The molecule has 172 valence electrons. The average molecular weight is 445 g/mol. The molecule has 4 rings (SSSR count). The van der Waals surface area contributed by atoms with Gasteiger partial charge in [-0.25, -0.2) is 9.98 Å². The number of nitrogens with one attached hydrogen (secondary N) is 1. The lowest BCUT2D eigenvalue weighted by Crippen LogP contribution is -2.21. The first-order valence-electron chi connectivity index (χ1n) is 11.6. The molecule has 0 saturated carbocycles. The number of ether oxygens (including phenoxy) is 1. The predicted molar refractivity (Wildman–Crippen MR) is 136 cm³/mol. The second-order valence-electron chi connectivity index (χ2n) is 8.45. The maximum absolute atomic E-state index is 9.70. The summed E-state index contributed by atoms with van der Waals surface area (Å²) in [5.41, 5.74) is 4.05. The zero-order valence-electron chi connectivity index (χ0n) is 19.2. The molecular weight excluding hydrogens is 412 g/mol. The molecule has 0 spiro atoms. The molecule has 1 saturated heterocycles. The van der Waals surface area contributed by atoms with Crippen LogP contribution in [0.15, 0.2) is 70.3 Å². The number of aromatic hydroxyl groups is 1. The van der Waals surface area contributed by atoms with Crippen molar-refractivity contribution in [2.24, 2.45) is 9.98 Å². The van der Waals surface area contributed by atoms with Gasteiger partial charge in [-0.2, -0.15) is 0 Å². The van der Waals surface area contributed by atoms with Crippen molar-refractivity contribution in [3.63, 3.8) is 0 Å². The van der Waals surface area contributed by atoms with Gasteiger partial charge in [0.2, 0.25) is 5.96 Å². The first-order chi connectivity index (χ1) is 16.2. The molecule has 2 aliphatic heterocycles.